The van der Waals surface area contributed by atoms with E-state index in [1.807, 2.05) is 12.1 Å². The Balaban J connectivity index is 1.54. The standard InChI is InChI=1S/C20H19N3O5S2/c1-13(14-8-10-16(11-9-14)29(21,25)26)22-19(24)12-23-17-6-2-4-15-5-3-7-18(20(15)17)30(23,27)28/h2-11,13H,12H2,1H3,(H,22,24)(H2,21,25,26)/t13-/m1/s1. The summed E-state index contributed by atoms with van der Waals surface area (Å²) < 4.78 is 49.8. The smallest absolute Gasteiger partial charge is 0.265 e. The average molecular weight is 446 g/mol. The van der Waals surface area contributed by atoms with Crippen molar-refractivity contribution >= 4 is 42.4 Å². The second-order valence-electron chi connectivity index (χ2n) is 7.05. The first-order valence-electron chi connectivity index (χ1n) is 9.05. The predicted molar refractivity (Wildman–Crippen MR) is 113 cm³/mol. The highest BCUT2D eigenvalue weighted by Gasteiger charge is 2.36. The molecule has 3 aromatic rings. The Hall–Kier alpha value is -2.95. The molecular weight excluding hydrogens is 426 g/mol. The molecule has 8 nitrogen and oxygen atoms in total. The molecule has 0 bridgehead atoms. The van der Waals surface area contributed by atoms with Gasteiger partial charge in [-0.2, -0.15) is 0 Å². The molecule has 4 rings (SSSR count). The van der Waals surface area contributed by atoms with Crippen molar-refractivity contribution in [3.63, 3.8) is 0 Å². The molecule has 30 heavy (non-hydrogen) atoms. The Morgan fingerprint density at radius 1 is 1.07 bits per heavy atom. The molecule has 3 aromatic carbocycles. The van der Waals surface area contributed by atoms with E-state index in [9.17, 15) is 21.6 Å². The molecule has 0 aliphatic carbocycles. The third-order valence-corrected chi connectivity index (χ3v) is 7.79. The molecular formula is C20H19N3O5S2. The zero-order chi connectivity index (χ0) is 21.7. The van der Waals surface area contributed by atoms with E-state index in [4.69, 9.17) is 5.14 Å². The fraction of sp³-hybridized carbons (Fsp3) is 0.150. The van der Waals surface area contributed by atoms with Crippen molar-refractivity contribution in [1.29, 1.82) is 0 Å². The molecule has 1 heterocycles. The average Bonchev–Trinajstić information content (AvgIpc) is 2.91. The Morgan fingerprint density at radius 3 is 2.33 bits per heavy atom. The van der Waals surface area contributed by atoms with Gasteiger partial charge in [-0.25, -0.2) is 22.0 Å². The van der Waals surface area contributed by atoms with Crippen molar-refractivity contribution < 1.29 is 21.6 Å². The number of benzene rings is 3. The second kappa shape index (κ2) is 7.08. The zero-order valence-corrected chi connectivity index (χ0v) is 17.6. The third-order valence-electron chi connectivity index (χ3n) is 5.05. The first-order valence-corrected chi connectivity index (χ1v) is 12.0. The van der Waals surface area contributed by atoms with Crippen LogP contribution >= 0.6 is 0 Å². The number of amides is 1. The summed E-state index contributed by atoms with van der Waals surface area (Å²) in [6.45, 7) is 1.35. The lowest BCUT2D eigenvalue weighted by Gasteiger charge is -2.20. The van der Waals surface area contributed by atoms with E-state index < -0.39 is 32.0 Å². The number of anilines is 1. The molecule has 156 valence electrons. The van der Waals surface area contributed by atoms with Crippen LogP contribution in [0.3, 0.4) is 0 Å². The van der Waals surface area contributed by atoms with E-state index in [2.05, 4.69) is 5.32 Å². The minimum atomic E-state index is -3.82. The second-order valence-corrected chi connectivity index (χ2v) is 10.4. The molecule has 0 fully saturated rings. The van der Waals surface area contributed by atoms with Crippen molar-refractivity contribution in [3.8, 4) is 0 Å². The van der Waals surface area contributed by atoms with Crippen LogP contribution in [0.1, 0.15) is 18.5 Å². The minimum absolute atomic E-state index is 0.0289. The number of nitrogens with two attached hydrogens (primary N) is 1. The number of sulfonamides is 2. The molecule has 10 heteroatoms. The van der Waals surface area contributed by atoms with Gasteiger partial charge in [0.25, 0.3) is 10.0 Å². The molecule has 1 aliphatic heterocycles. The lowest BCUT2D eigenvalue weighted by molar-refractivity contribution is -0.120. The van der Waals surface area contributed by atoms with Gasteiger partial charge in [-0.05, 0) is 42.1 Å². The van der Waals surface area contributed by atoms with E-state index in [1.165, 1.54) is 18.2 Å². The minimum Gasteiger partial charge on any atom is -0.348 e. The Morgan fingerprint density at radius 2 is 1.70 bits per heavy atom. The fourth-order valence-electron chi connectivity index (χ4n) is 3.58. The normalized spacial score (nSPS) is 15.9. The summed E-state index contributed by atoms with van der Waals surface area (Å²) in [4.78, 5) is 12.8. The molecule has 1 amide bonds. The van der Waals surface area contributed by atoms with Crippen LogP contribution in [0.4, 0.5) is 5.69 Å². The van der Waals surface area contributed by atoms with E-state index in [0.717, 1.165) is 9.69 Å². The van der Waals surface area contributed by atoms with Gasteiger partial charge in [-0.15, -0.1) is 0 Å². The van der Waals surface area contributed by atoms with Gasteiger partial charge < -0.3 is 5.32 Å². The third kappa shape index (κ3) is 3.42. The predicted octanol–water partition coefficient (Wildman–Crippen LogP) is 1.87. The molecule has 1 atom stereocenters. The van der Waals surface area contributed by atoms with Crippen LogP contribution in [0.25, 0.3) is 10.8 Å². The van der Waals surface area contributed by atoms with Gasteiger partial charge in [0.2, 0.25) is 15.9 Å². The van der Waals surface area contributed by atoms with E-state index in [-0.39, 0.29) is 16.3 Å². The first kappa shape index (κ1) is 20.3. The summed E-state index contributed by atoms with van der Waals surface area (Å²) in [5.74, 6) is -0.480. The van der Waals surface area contributed by atoms with Crippen LogP contribution in [0.15, 0.2) is 70.5 Å². The van der Waals surface area contributed by atoms with Crippen molar-refractivity contribution in [2.75, 3.05) is 10.8 Å². The van der Waals surface area contributed by atoms with Gasteiger partial charge >= 0.3 is 0 Å². The number of carbonyl (C=O) groups is 1. The first-order chi connectivity index (χ1) is 14.1. The van der Waals surface area contributed by atoms with Crippen molar-refractivity contribution in [3.05, 3.63) is 66.2 Å². The van der Waals surface area contributed by atoms with Gasteiger partial charge in [0.1, 0.15) is 6.54 Å². The molecule has 0 unspecified atom stereocenters. The van der Waals surface area contributed by atoms with E-state index >= 15 is 0 Å². The number of rotatable bonds is 5. The van der Waals surface area contributed by atoms with Crippen LogP contribution in [-0.4, -0.2) is 29.3 Å². The van der Waals surface area contributed by atoms with Crippen LogP contribution < -0.4 is 14.8 Å². The van der Waals surface area contributed by atoms with E-state index in [0.29, 0.717) is 16.6 Å². The number of hydrogen-bond donors (Lipinski definition) is 2. The highest BCUT2D eigenvalue weighted by molar-refractivity contribution is 7.93. The Bertz CT molecular complexity index is 1360. The maximum atomic E-state index is 13.0. The van der Waals surface area contributed by atoms with Crippen molar-refractivity contribution in [2.24, 2.45) is 5.14 Å². The van der Waals surface area contributed by atoms with Gasteiger partial charge in [-0.1, -0.05) is 36.4 Å². The van der Waals surface area contributed by atoms with Crippen LogP contribution in [0.5, 0.6) is 0 Å². The lowest BCUT2D eigenvalue weighted by atomic mass is 10.1. The number of primary sulfonamides is 1. The van der Waals surface area contributed by atoms with Crippen molar-refractivity contribution in [2.45, 2.75) is 22.8 Å². The van der Waals surface area contributed by atoms with Gasteiger partial charge in [-0.3, -0.25) is 9.10 Å². The molecule has 3 N–H and O–H groups in total. The molecule has 0 aromatic heterocycles. The van der Waals surface area contributed by atoms with Gasteiger partial charge in [0.05, 0.1) is 21.5 Å². The summed E-state index contributed by atoms with van der Waals surface area (Å²) in [6.07, 6.45) is 0. The molecule has 0 spiro atoms. The van der Waals surface area contributed by atoms with Crippen LogP contribution in [-0.2, 0) is 24.8 Å². The molecule has 0 saturated carbocycles. The Labute approximate surface area is 174 Å². The monoisotopic (exact) mass is 445 g/mol. The highest BCUT2D eigenvalue weighted by atomic mass is 32.2. The quantitative estimate of drug-likeness (QED) is 0.620. The fourth-order valence-corrected chi connectivity index (χ4v) is 5.76. The zero-order valence-electron chi connectivity index (χ0n) is 15.9. The summed E-state index contributed by atoms with van der Waals surface area (Å²) in [5.41, 5.74) is 1.13. The largest absolute Gasteiger partial charge is 0.348 e. The number of nitrogens with one attached hydrogen (secondary N) is 1. The summed E-state index contributed by atoms with van der Waals surface area (Å²) >= 11 is 0. The SMILES string of the molecule is C[C@@H](NC(=O)CN1c2cccc3cccc(c23)S1(=O)=O)c1ccc(S(N)(=O)=O)cc1. The van der Waals surface area contributed by atoms with Crippen molar-refractivity contribution in [1.82, 2.24) is 5.32 Å². The molecule has 0 radical (unpaired) electrons. The number of nitrogens with zero attached hydrogens (tertiary/aromatic N) is 1. The highest BCUT2D eigenvalue weighted by Crippen LogP contribution is 2.41. The lowest BCUT2D eigenvalue weighted by Crippen LogP contribution is -2.39. The van der Waals surface area contributed by atoms with Gasteiger partial charge in [0.15, 0.2) is 0 Å². The molecule has 0 saturated heterocycles. The molecule has 1 aliphatic rings. The maximum Gasteiger partial charge on any atom is 0.265 e. The van der Waals surface area contributed by atoms with Gasteiger partial charge in [0, 0.05) is 5.39 Å². The van der Waals surface area contributed by atoms with Crippen LogP contribution in [0, 0.1) is 0 Å². The maximum absolute atomic E-state index is 13.0. The number of hydrogen-bond acceptors (Lipinski definition) is 5. The summed E-state index contributed by atoms with van der Waals surface area (Å²) in [6, 6.07) is 15.7. The Kier molecular flexibility index (Phi) is 4.80. The topological polar surface area (TPSA) is 127 Å². The summed E-state index contributed by atoms with van der Waals surface area (Å²) in [7, 11) is -7.63. The summed E-state index contributed by atoms with van der Waals surface area (Å²) in [5, 5.41) is 9.24. The number of carbonyl (C=O) groups excluding carboxylic acids is 1. The van der Waals surface area contributed by atoms with E-state index in [1.54, 1.807) is 37.3 Å². The van der Waals surface area contributed by atoms with Crippen LogP contribution in [0.2, 0.25) is 0 Å².